The monoisotopic (exact) mass is 107 g/mol. The topological polar surface area (TPSA) is 17.8 Å². The predicted molar refractivity (Wildman–Crippen MR) is 30.2 cm³/mol. The SMILES string of the molecule is [CH]1CCc2nccn21. The Bertz CT molecular complexity index is 172. The summed E-state index contributed by atoms with van der Waals surface area (Å²) in [5.41, 5.74) is 0. The number of hydrogen-bond acceptors (Lipinski definition) is 1. The van der Waals surface area contributed by atoms with Gasteiger partial charge < -0.3 is 4.57 Å². The summed E-state index contributed by atoms with van der Waals surface area (Å²) in [7, 11) is 0. The van der Waals surface area contributed by atoms with E-state index in [1.807, 2.05) is 12.4 Å². The van der Waals surface area contributed by atoms with Gasteiger partial charge in [-0.25, -0.2) is 4.98 Å². The minimum Gasteiger partial charge on any atom is -0.330 e. The average Bonchev–Trinajstić information content (AvgIpc) is 2.15. The molecule has 0 atom stereocenters. The molecular weight excluding hydrogens is 100 g/mol. The van der Waals surface area contributed by atoms with Gasteiger partial charge in [-0.05, 0) is 6.42 Å². The third-order valence-corrected chi connectivity index (χ3v) is 1.44. The lowest BCUT2D eigenvalue weighted by molar-refractivity contribution is 0.970. The second kappa shape index (κ2) is 1.34. The van der Waals surface area contributed by atoms with E-state index < -0.39 is 0 Å². The molecule has 0 amide bonds. The van der Waals surface area contributed by atoms with Crippen LogP contribution in [-0.2, 0) is 6.42 Å². The van der Waals surface area contributed by atoms with Crippen molar-refractivity contribution >= 4 is 0 Å². The van der Waals surface area contributed by atoms with Gasteiger partial charge >= 0.3 is 0 Å². The molecule has 1 aliphatic heterocycles. The molecule has 1 radical (unpaired) electrons. The molecule has 0 unspecified atom stereocenters. The van der Waals surface area contributed by atoms with Crippen LogP contribution in [0.2, 0.25) is 0 Å². The fraction of sp³-hybridized carbons (Fsp3) is 0.333. The number of nitrogens with zero attached hydrogens (tertiary/aromatic N) is 2. The number of aryl methyl sites for hydroxylation is 1. The quantitative estimate of drug-likeness (QED) is 0.480. The van der Waals surface area contributed by atoms with Crippen LogP contribution in [0, 0.1) is 6.54 Å². The molecule has 41 valence electrons. The summed E-state index contributed by atoms with van der Waals surface area (Å²) in [5, 5.41) is 0. The molecule has 0 saturated carbocycles. The van der Waals surface area contributed by atoms with Crippen LogP contribution < -0.4 is 0 Å². The van der Waals surface area contributed by atoms with E-state index in [2.05, 4.69) is 16.1 Å². The summed E-state index contributed by atoms with van der Waals surface area (Å²) in [4.78, 5) is 4.13. The van der Waals surface area contributed by atoms with Crippen molar-refractivity contribution < 1.29 is 0 Å². The average molecular weight is 107 g/mol. The van der Waals surface area contributed by atoms with Crippen LogP contribution in [0.4, 0.5) is 0 Å². The minimum atomic E-state index is 1.12. The Hall–Kier alpha value is -0.790. The maximum Gasteiger partial charge on any atom is 0.109 e. The van der Waals surface area contributed by atoms with Crippen molar-refractivity contribution in [3.05, 3.63) is 24.8 Å². The molecule has 0 N–H and O–H groups in total. The maximum absolute atomic E-state index is 4.13. The highest BCUT2D eigenvalue weighted by atomic mass is 15.1. The number of imidazole rings is 1. The van der Waals surface area contributed by atoms with E-state index in [1.165, 1.54) is 5.82 Å². The van der Waals surface area contributed by atoms with Gasteiger partial charge in [0.25, 0.3) is 0 Å². The Morgan fingerprint density at radius 1 is 1.62 bits per heavy atom. The van der Waals surface area contributed by atoms with Gasteiger partial charge in [-0.1, -0.05) is 0 Å². The molecule has 0 bridgehead atoms. The summed E-state index contributed by atoms with van der Waals surface area (Å²) in [6.07, 6.45) is 6.10. The van der Waals surface area contributed by atoms with Gasteiger partial charge in [0.1, 0.15) is 5.82 Å². The third-order valence-electron chi connectivity index (χ3n) is 1.44. The number of rotatable bonds is 0. The van der Waals surface area contributed by atoms with Gasteiger partial charge in [0.2, 0.25) is 0 Å². The molecule has 0 spiro atoms. The van der Waals surface area contributed by atoms with Gasteiger partial charge in [-0.15, -0.1) is 0 Å². The number of hydrogen-bond donors (Lipinski definition) is 0. The normalized spacial score (nSPS) is 16.5. The second-order valence-electron chi connectivity index (χ2n) is 1.97. The summed E-state index contributed by atoms with van der Waals surface area (Å²) >= 11 is 0. The van der Waals surface area contributed by atoms with Crippen LogP contribution in [0.25, 0.3) is 0 Å². The van der Waals surface area contributed by atoms with Crippen molar-refractivity contribution in [1.29, 1.82) is 0 Å². The van der Waals surface area contributed by atoms with Crippen molar-refractivity contribution in [1.82, 2.24) is 9.55 Å². The highest BCUT2D eigenvalue weighted by molar-refractivity contribution is 5.03. The van der Waals surface area contributed by atoms with Crippen molar-refractivity contribution in [3.8, 4) is 0 Å². The Balaban J connectivity index is 2.54. The molecule has 2 rings (SSSR count). The van der Waals surface area contributed by atoms with Crippen molar-refractivity contribution in [3.63, 3.8) is 0 Å². The molecule has 0 aliphatic carbocycles. The number of aromatic nitrogens is 2. The molecule has 1 aliphatic rings. The Labute approximate surface area is 48.2 Å². The van der Waals surface area contributed by atoms with E-state index in [-0.39, 0.29) is 0 Å². The minimum absolute atomic E-state index is 1.12. The highest BCUT2D eigenvalue weighted by Crippen LogP contribution is 2.11. The summed E-state index contributed by atoms with van der Waals surface area (Å²) < 4.78 is 2.08. The van der Waals surface area contributed by atoms with Crippen LogP contribution in [0.1, 0.15) is 12.2 Å². The van der Waals surface area contributed by atoms with Crippen molar-refractivity contribution in [2.24, 2.45) is 0 Å². The maximum atomic E-state index is 4.13. The lowest BCUT2D eigenvalue weighted by Crippen LogP contribution is -1.85. The first-order valence-corrected chi connectivity index (χ1v) is 2.82. The van der Waals surface area contributed by atoms with Gasteiger partial charge in [0, 0.05) is 18.8 Å². The first-order valence-electron chi connectivity index (χ1n) is 2.82. The Kier molecular flexibility index (Phi) is 0.692. The molecule has 0 aromatic carbocycles. The molecule has 1 aromatic heterocycles. The number of fused-ring (bicyclic) bond motifs is 1. The van der Waals surface area contributed by atoms with Gasteiger partial charge in [0.15, 0.2) is 0 Å². The lowest BCUT2D eigenvalue weighted by atomic mass is 10.4. The van der Waals surface area contributed by atoms with E-state index >= 15 is 0 Å². The van der Waals surface area contributed by atoms with Gasteiger partial charge in [0.05, 0.1) is 6.54 Å². The smallest absolute Gasteiger partial charge is 0.109 e. The molecule has 0 saturated heterocycles. The lowest BCUT2D eigenvalue weighted by Gasteiger charge is -1.87. The highest BCUT2D eigenvalue weighted by Gasteiger charge is 2.08. The molecule has 2 heterocycles. The fourth-order valence-electron chi connectivity index (χ4n) is 1.04. The van der Waals surface area contributed by atoms with Crippen molar-refractivity contribution in [2.45, 2.75) is 12.8 Å². The van der Waals surface area contributed by atoms with Crippen LogP contribution in [0.5, 0.6) is 0 Å². The van der Waals surface area contributed by atoms with Crippen molar-refractivity contribution in [2.75, 3.05) is 0 Å². The zero-order chi connectivity index (χ0) is 5.40. The van der Waals surface area contributed by atoms with Crippen LogP contribution in [-0.4, -0.2) is 9.55 Å². The van der Waals surface area contributed by atoms with Crippen LogP contribution in [0.15, 0.2) is 12.4 Å². The largest absolute Gasteiger partial charge is 0.330 e. The van der Waals surface area contributed by atoms with Gasteiger partial charge in [-0.3, -0.25) is 0 Å². The summed E-state index contributed by atoms with van der Waals surface area (Å²) in [5.74, 6) is 1.20. The van der Waals surface area contributed by atoms with E-state index in [9.17, 15) is 0 Å². The first kappa shape index (κ1) is 4.13. The van der Waals surface area contributed by atoms with Crippen LogP contribution >= 0.6 is 0 Å². The summed E-state index contributed by atoms with van der Waals surface area (Å²) in [6.45, 7) is 2.16. The van der Waals surface area contributed by atoms with E-state index in [0.29, 0.717) is 0 Å². The Morgan fingerprint density at radius 2 is 2.62 bits per heavy atom. The standard InChI is InChI=1S/C6H7N2/c1-2-6-7-3-5-8(6)4-1/h3-5H,1-2H2. The fourth-order valence-corrected chi connectivity index (χ4v) is 1.04. The van der Waals surface area contributed by atoms with E-state index in [0.717, 1.165) is 12.8 Å². The molecule has 1 aromatic rings. The van der Waals surface area contributed by atoms with Crippen LogP contribution in [0.3, 0.4) is 0 Å². The molecular formula is C6H7N2. The zero-order valence-electron chi connectivity index (χ0n) is 4.54. The molecule has 8 heavy (non-hydrogen) atoms. The van der Waals surface area contributed by atoms with Gasteiger partial charge in [-0.2, -0.15) is 0 Å². The Morgan fingerprint density at radius 3 is 3.50 bits per heavy atom. The molecule has 2 heteroatoms. The zero-order valence-corrected chi connectivity index (χ0v) is 4.54. The predicted octanol–water partition coefficient (Wildman–Crippen LogP) is 0.839. The summed E-state index contributed by atoms with van der Waals surface area (Å²) in [6, 6.07) is 0. The second-order valence-corrected chi connectivity index (χ2v) is 1.97. The van der Waals surface area contributed by atoms with E-state index in [1.54, 1.807) is 0 Å². The molecule has 0 fully saturated rings. The molecule has 2 nitrogen and oxygen atoms in total. The third kappa shape index (κ3) is 0.399. The first-order chi connectivity index (χ1) is 3.97. The van der Waals surface area contributed by atoms with E-state index in [4.69, 9.17) is 0 Å².